The summed E-state index contributed by atoms with van der Waals surface area (Å²) in [6, 6.07) is 0. The topological polar surface area (TPSA) is 49.4 Å². The lowest BCUT2D eigenvalue weighted by Gasteiger charge is -2.25. The maximum Gasteiger partial charge on any atom is 0.243 e. The van der Waals surface area contributed by atoms with Crippen LogP contribution in [0.2, 0.25) is 0 Å². The van der Waals surface area contributed by atoms with Crippen LogP contribution in [0.25, 0.3) is 0 Å². The van der Waals surface area contributed by atoms with Crippen molar-refractivity contribution in [1.82, 2.24) is 10.2 Å². The summed E-state index contributed by atoms with van der Waals surface area (Å²) in [7, 11) is 0. The van der Waals surface area contributed by atoms with Crippen LogP contribution in [0.1, 0.15) is 6.92 Å². The minimum Gasteiger partial charge on any atom is -0.300 e. The number of piperazine rings is 1. The van der Waals surface area contributed by atoms with Crippen molar-refractivity contribution in [2.75, 3.05) is 31.1 Å². The van der Waals surface area contributed by atoms with Gasteiger partial charge in [0.25, 0.3) is 0 Å². The van der Waals surface area contributed by atoms with E-state index < -0.39 is 0 Å². The zero-order valence-electron chi connectivity index (χ0n) is 7.71. The van der Waals surface area contributed by atoms with Crippen molar-refractivity contribution in [2.24, 2.45) is 0 Å². The molecule has 5 heteroatoms. The molecule has 1 fully saturated rings. The molecule has 74 valence electrons. The van der Waals surface area contributed by atoms with E-state index in [1.54, 1.807) is 11.8 Å². The average Bonchev–Trinajstić information content (AvgIpc) is 2.10. The maximum atomic E-state index is 11.2. The molecule has 0 aromatic carbocycles. The molecular formula is C8H14N2O2S. The number of hydrogen-bond donors (Lipinski definition) is 1. The number of carbonyl (C=O) groups excluding carboxylic acids is 2. The quantitative estimate of drug-likeness (QED) is 0.502. The molecule has 0 aromatic rings. The molecule has 1 aliphatic heterocycles. The van der Waals surface area contributed by atoms with Crippen LogP contribution >= 0.6 is 11.8 Å². The van der Waals surface area contributed by atoms with Gasteiger partial charge in [-0.2, -0.15) is 11.8 Å². The maximum absolute atomic E-state index is 11.2. The highest BCUT2D eigenvalue weighted by Crippen LogP contribution is 2.02. The molecule has 1 heterocycles. The molecular weight excluding hydrogens is 188 g/mol. The van der Waals surface area contributed by atoms with Crippen LogP contribution in [0, 0.1) is 0 Å². The molecule has 2 amide bonds. The predicted molar refractivity (Wildman–Crippen MR) is 52.6 cm³/mol. The second-order valence-electron chi connectivity index (χ2n) is 2.74. The summed E-state index contributed by atoms with van der Waals surface area (Å²) in [5.41, 5.74) is 0. The van der Waals surface area contributed by atoms with Crippen LogP contribution in [0.4, 0.5) is 0 Å². The number of carbonyl (C=O) groups is 2. The van der Waals surface area contributed by atoms with Crippen molar-refractivity contribution in [3.8, 4) is 0 Å². The first-order valence-electron chi connectivity index (χ1n) is 4.37. The molecule has 4 nitrogen and oxygen atoms in total. The average molecular weight is 202 g/mol. The normalized spacial score (nSPS) is 18.1. The highest BCUT2D eigenvalue weighted by molar-refractivity contribution is 7.99. The highest BCUT2D eigenvalue weighted by atomic mass is 32.2. The van der Waals surface area contributed by atoms with Crippen molar-refractivity contribution in [3.05, 3.63) is 0 Å². The Bertz CT molecular complexity index is 192. The van der Waals surface area contributed by atoms with Crippen LogP contribution < -0.4 is 5.32 Å². The second kappa shape index (κ2) is 5.24. The van der Waals surface area contributed by atoms with Crippen LogP contribution in [-0.2, 0) is 9.59 Å². The number of hydrogen-bond acceptors (Lipinski definition) is 4. The van der Waals surface area contributed by atoms with Crippen molar-refractivity contribution in [2.45, 2.75) is 6.92 Å². The molecule has 0 unspecified atom stereocenters. The molecule has 0 aromatic heterocycles. The Morgan fingerprint density at radius 1 is 1.38 bits per heavy atom. The monoisotopic (exact) mass is 202 g/mol. The third-order valence-corrected chi connectivity index (χ3v) is 2.70. The van der Waals surface area contributed by atoms with Crippen LogP contribution in [0.15, 0.2) is 0 Å². The molecule has 1 N–H and O–H groups in total. The lowest BCUT2D eigenvalue weighted by atomic mass is 10.3. The molecule has 0 aliphatic carbocycles. The Hall–Kier alpha value is -0.550. The molecule has 1 rings (SSSR count). The van der Waals surface area contributed by atoms with Crippen molar-refractivity contribution in [3.63, 3.8) is 0 Å². The van der Waals surface area contributed by atoms with E-state index in [2.05, 4.69) is 12.2 Å². The van der Waals surface area contributed by atoms with E-state index in [1.165, 1.54) is 4.90 Å². The Labute approximate surface area is 82.0 Å². The smallest absolute Gasteiger partial charge is 0.243 e. The summed E-state index contributed by atoms with van der Waals surface area (Å²) in [6.07, 6.45) is 0. The van der Waals surface area contributed by atoms with Crippen molar-refractivity contribution < 1.29 is 9.59 Å². The van der Waals surface area contributed by atoms with Gasteiger partial charge in [-0.05, 0) is 5.75 Å². The number of thioether (sulfide) groups is 1. The summed E-state index contributed by atoms with van der Waals surface area (Å²) < 4.78 is 0. The molecule has 0 radical (unpaired) electrons. The number of nitrogens with zero attached hydrogens (tertiary/aromatic N) is 1. The third-order valence-electron chi connectivity index (χ3n) is 1.82. The van der Waals surface area contributed by atoms with Crippen molar-refractivity contribution >= 4 is 23.6 Å². The Kier molecular flexibility index (Phi) is 4.24. The largest absolute Gasteiger partial charge is 0.300 e. The van der Waals surface area contributed by atoms with E-state index in [-0.39, 0.29) is 11.8 Å². The molecule has 0 bridgehead atoms. The first kappa shape index (κ1) is 10.5. The van der Waals surface area contributed by atoms with Crippen LogP contribution in [0.3, 0.4) is 0 Å². The Morgan fingerprint density at radius 3 is 2.54 bits per heavy atom. The van der Waals surface area contributed by atoms with Gasteiger partial charge in [0.2, 0.25) is 11.8 Å². The molecule has 1 saturated heterocycles. The molecule has 0 saturated carbocycles. The van der Waals surface area contributed by atoms with E-state index in [0.717, 1.165) is 11.5 Å². The molecule has 0 atom stereocenters. The number of amides is 2. The summed E-state index contributed by atoms with van der Waals surface area (Å²) in [6.45, 7) is 3.20. The van der Waals surface area contributed by atoms with Gasteiger partial charge in [0, 0.05) is 12.3 Å². The number of nitrogens with one attached hydrogen (secondary N) is 1. The summed E-state index contributed by atoms with van der Waals surface area (Å²) >= 11 is 1.74. The standard InChI is InChI=1S/C8H14N2O2S/c1-2-13-4-3-10-7(11)5-9-6-8(10)12/h9H,2-6H2,1H3. The molecule has 0 spiro atoms. The Morgan fingerprint density at radius 2 is 2.00 bits per heavy atom. The second-order valence-corrected chi connectivity index (χ2v) is 4.13. The van der Waals surface area contributed by atoms with Gasteiger partial charge in [-0.15, -0.1) is 0 Å². The third kappa shape index (κ3) is 3.00. The molecule has 13 heavy (non-hydrogen) atoms. The Balaban J connectivity index is 2.35. The van der Waals surface area contributed by atoms with Crippen LogP contribution in [0.5, 0.6) is 0 Å². The summed E-state index contributed by atoms with van der Waals surface area (Å²) in [4.78, 5) is 23.8. The number of imide groups is 1. The van der Waals surface area contributed by atoms with E-state index in [9.17, 15) is 9.59 Å². The van der Waals surface area contributed by atoms with E-state index in [1.807, 2.05) is 0 Å². The number of rotatable bonds is 4. The SMILES string of the molecule is CCSCCN1C(=O)CNCC1=O. The van der Waals surface area contributed by atoms with E-state index >= 15 is 0 Å². The fraction of sp³-hybridized carbons (Fsp3) is 0.750. The summed E-state index contributed by atoms with van der Waals surface area (Å²) in [5.74, 6) is 1.66. The summed E-state index contributed by atoms with van der Waals surface area (Å²) in [5, 5.41) is 2.76. The van der Waals surface area contributed by atoms with E-state index in [4.69, 9.17) is 0 Å². The lowest BCUT2D eigenvalue weighted by molar-refractivity contribution is -0.146. The van der Waals surface area contributed by atoms with Gasteiger partial charge in [0.15, 0.2) is 0 Å². The first-order chi connectivity index (χ1) is 6.25. The van der Waals surface area contributed by atoms with Gasteiger partial charge in [-0.25, -0.2) is 0 Å². The molecule has 1 aliphatic rings. The fourth-order valence-corrected chi connectivity index (χ4v) is 1.76. The highest BCUT2D eigenvalue weighted by Gasteiger charge is 2.24. The fourth-order valence-electron chi connectivity index (χ4n) is 1.16. The van der Waals surface area contributed by atoms with Gasteiger partial charge >= 0.3 is 0 Å². The lowest BCUT2D eigenvalue weighted by Crippen LogP contribution is -2.52. The predicted octanol–water partition coefficient (Wildman–Crippen LogP) is -0.302. The minimum atomic E-state index is -0.104. The van der Waals surface area contributed by atoms with Gasteiger partial charge in [0.05, 0.1) is 13.1 Å². The van der Waals surface area contributed by atoms with Gasteiger partial charge < -0.3 is 0 Å². The van der Waals surface area contributed by atoms with Gasteiger partial charge in [-0.3, -0.25) is 19.8 Å². The van der Waals surface area contributed by atoms with Gasteiger partial charge in [-0.1, -0.05) is 6.92 Å². The van der Waals surface area contributed by atoms with Crippen LogP contribution in [-0.4, -0.2) is 47.9 Å². The van der Waals surface area contributed by atoms with Crippen molar-refractivity contribution in [1.29, 1.82) is 0 Å². The van der Waals surface area contributed by atoms with E-state index in [0.29, 0.717) is 19.6 Å². The zero-order valence-corrected chi connectivity index (χ0v) is 8.52. The minimum absolute atomic E-state index is 0.104. The zero-order chi connectivity index (χ0) is 9.68. The first-order valence-corrected chi connectivity index (χ1v) is 5.53. The van der Waals surface area contributed by atoms with Gasteiger partial charge in [0.1, 0.15) is 0 Å².